The van der Waals surface area contributed by atoms with Gasteiger partial charge in [-0.25, -0.2) is 4.79 Å². The molecule has 78 valence electrons. The second-order valence-electron chi connectivity index (χ2n) is 3.81. The van der Waals surface area contributed by atoms with Gasteiger partial charge >= 0.3 is 5.97 Å². The molecule has 0 bridgehead atoms. The number of ether oxygens (including phenoxy) is 1. The first-order valence-corrected chi connectivity index (χ1v) is 4.66. The number of hydrogen-bond acceptors (Lipinski definition) is 2. The van der Waals surface area contributed by atoms with E-state index in [4.69, 9.17) is 4.74 Å². The molecule has 2 nitrogen and oxygen atoms in total. The number of esters is 1. The SMILES string of the molecule is C=C(C)C(=O)OC(C)(C#CC)C(C)C. The van der Waals surface area contributed by atoms with Crippen molar-refractivity contribution < 1.29 is 9.53 Å². The summed E-state index contributed by atoms with van der Waals surface area (Å²) in [7, 11) is 0. The van der Waals surface area contributed by atoms with Gasteiger partial charge in [0.25, 0.3) is 0 Å². The summed E-state index contributed by atoms with van der Waals surface area (Å²) in [6, 6.07) is 0. The van der Waals surface area contributed by atoms with E-state index in [1.54, 1.807) is 13.8 Å². The summed E-state index contributed by atoms with van der Waals surface area (Å²) in [6.45, 7) is 12.6. The van der Waals surface area contributed by atoms with Crippen LogP contribution in [0, 0.1) is 17.8 Å². The van der Waals surface area contributed by atoms with Crippen LogP contribution in [0.4, 0.5) is 0 Å². The highest BCUT2D eigenvalue weighted by atomic mass is 16.6. The normalized spacial score (nSPS) is 13.9. The third-order valence-electron chi connectivity index (χ3n) is 2.13. The van der Waals surface area contributed by atoms with E-state index in [1.165, 1.54) is 0 Å². The number of carbonyl (C=O) groups excluding carboxylic acids is 1. The predicted molar refractivity (Wildman–Crippen MR) is 57.6 cm³/mol. The van der Waals surface area contributed by atoms with Crippen LogP contribution in [0.5, 0.6) is 0 Å². The lowest BCUT2D eigenvalue weighted by atomic mass is 9.93. The first-order valence-electron chi connectivity index (χ1n) is 4.66. The molecule has 0 spiro atoms. The lowest BCUT2D eigenvalue weighted by molar-refractivity contribution is -0.151. The highest BCUT2D eigenvalue weighted by Gasteiger charge is 2.30. The fourth-order valence-electron chi connectivity index (χ4n) is 0.816. The molecule has 0 radical (unpaired) electrons. The molecule has 0 saturated heterocycles. The maximum Gasteiger partial charge on any atom is 0.334 e. The third kappa shape index (κ3) is 3.26. The van der Waals surface area contributed by atoms with Gasteiger partial charge in [0.15, 0.2) is 5.60 Å². The van der Waals surface area contributed by atoms with Crippen LogP contribution in [-0.2, 0) is 9.53 Å². The van der Waals surface area contributed by atoms with Crippen molar-refractivity contribution in [1.29, 1.82) is 0 Å². The molecule has 2 heteroatoms. The summed E-state index contributed by atoms with van der Waals surface area (Å²) in [6.07, 6.45) is 0. The van der Waals surface area contributed by atoms with Crippen molar-refractivity contribution >= 4 is 5.97 Å². The van der Waals surface area contributed by atoms with Crippen LogP contribution in [0.25, 0.3) is 0 Å². The summed E-state index contributed by atoms with van der Waals surface area (Å²) in [4.78, 5) is 11.3. The van der Waals surface area contributed by atoms with E-state index in [0.29, 0.717) is 5.57 Å². The second-order valence-corrected chi connectivity index (χ2v) is 3.81. The van der Waals surface area contributed by atoms with Gasteiger partial charge in [-0.3, -0.25) is 0 Å². The Morgan fingerprint density at radius 1 is 1.50 bits per heavy atom. The largest absolute Gasteiger partial charge is 0.443 e. The van der Waals surface area contributed by atoms with E-state index in [-0.39, 0.29) is 11.9 Å². The van der Waals surface area contributed by atoms with E-state index in [2.05, 4.69) is 18.4 Å². The quantitative estimate of drug-likeness (QED) is 0.392. The van der Waals surface area contributed by atoms with Crippen molar-refractivity contribution in [2.24, 2.45) is 5.92 Å². The first kappa shape index (κ1) is 12.8. The number of carbonyl (C=O) groups is 1. The van der Waals surface area contributed by atoms with Gasteiger partial charge in [0, 0.05) is 11.5 Å². The Morgan fingerprint density at radius 3 is 2.29 bits per heavy atom. The predicted octanol–water partition coefficient (Wildman–Crippen LogP) is 2.54. The molecule has 0 aromatic carbocycles. The molecular weight excluding hydrogens is 176 g/mol. The van der Waals surface area contributed by atoms with Gasteiger partial charge in [0.2, 0.25) is 0 Å². The van der Waals surface area contributed by atoms with Crippen molar-refractivity contribution in [3.8, 4) is 11.8 Å². The molecule has 1 atom stereocenters. The van der Waals surface area contributed by atoms with E-state index in [1.807, 2.05) is 20.8 Å². The molecule has 0 aliphatic carbocycles. The molecule has 0 aromatic rings. The molecule has 0 amide bonds. The maximum absolute atomic E-state index is 11.3. The Labute approximate surface area is 86.3 Å². The summed E-state index contributed by atoms with van der Waals surface area (Å²) in [5.41, 5.74) is -0.320. The molecule has 0 N–H and O–H groups in total. The van der Waals surface area contributed by atoms with E-state index >= 15 is 0 Å². The smallest absolute Gasteiger partial charge is 0.334 e. The molecule has 0 fully saturated rings. The van der Waals surface area contributed by atoms with E-state index in [9.17, 15) is 4.79 Å². The zero-order valence-electron chi connectivity index (χ0n) is 9.60. The highest BCUT2D eigenvalue weighted by Crippen LogP contribution is 2.21. The Kier molecular flexibility index (Phi) is 4.43. The van der Waals surface area contributed by atoms with Gasteiger partial charge in [0.05, 0.1) is 0 Å². The molecule has 0 saturated carbocycles. The first-order chi connectivity index (χ1) is 6.33. The van der Waals surface area contributed by atoms with Crippen LogP contribution < -0.4 is 0 Å². The standard InChI is InChI=1S/C12H18O2/c1-7-8-12(6,10(4)5)14-11(13)9(2)3/h10H,2H2,1,3-6H3. The van der Waals surface area contributed by atoms with Crippen LogP contribution in [0.2, 0.25) is 0 Å². The maximum atomic E-state index is 11.3. The fraction of sp³-hybridized carbons (Fsp3) is 0.583. The lowest BCUT2D eigenvalue weighted by Gasteiger charge is -2.28. The van der Waals surface area contributed by atoms with Gasteiger partial charge in [-0.1, -0.05) is 26.3 Å². The van der Waals surface area contributed by atoms with Crippen molar-refractivity contribution in [2.45, 2.75) is 40.2 Å². The molecular formula is C12H18O2. The molecule has 0 heterocycles. The molecule has 0 rings (SSSR count). The molecule has 0 aliphatic rings. The van der Waals surface area contributed by atoms with Gasteiger partial charge in [-0.05, 0) is 20.8 Å². The second kappa shape index (κ2) is 4.85. The summed E-state index contributed by atoms with van der Waals surface area (Å²) < 4.78 is 5.29. The Bertz CT molecular complexity index is 291. The van der Waals surface area contributed by atoms with Crippen molar-refractivity contribution in [1.82, 2.24) is 0 Å². The van der Waals surface area contributed by atoms with Crippen LogP contribution in [-0.4, -0.2) is 11.6 Å². The zero-order chi connectivity index (χ0) is 11.4. The lowest BCUT2D eigenvalue weighted by Crippen LogP contribution is -2.35. The summed E-state index contributed by atoms with van der Waals surface area (Å²) in [5.74, 6) is 5.45. The average Bonchev–Trinajstić information content (AvgIpc) is 2.03. The van der Waals surface area contributed by atoms with Crippen molar-refractivity contribution in [3.05, 3.63) is 12.2 Å². The van der Waals surface area contributed by atoms with Gasteiger partial charge in [0.1, 0.15) is 0 Å². The Hall–Kier alpha value is -1.23. The Morgan fingerprint density at radius 2 is 2.00 bits per heavy atom. The van der Waals surface area contributed by atoms with E-state index in [0.717, 1.165) is 0 Å². The van der Waals surface area contributed by atoms with Gasteiger partial charge in [-0.15, -0.1) is 5.92 Å². The van der Waals surface area contributed by atoms with Crippen LogP contribution in [0.15, 0.2) is 12.2 Å². The number of hydrogen-bond donors (Lipinski definition) is 0. The highest BCUT2D eigenvalue weighted by molar-refractivity contribution is 5.87. The molecule has 0 aliphatic heterocycles. The fourth-order valence-corrected chi connectivity index (χ4v) is 0.816. The Balaban J connectivity index is 4.76. The molecule has 1 unspecified atom stereocenters. The van der Waals surface area contributed by atoms with Crippen LogP contribution in [0.1, 0.15) is 34.6 Å². The molecule has 14 heavy (non-hydrogen) atoms. The monoisotopic (exact) mass is 194 g/mol. The topological polar surface area (TPSA) is 26.3 Å². The number of rotatable bonds is 3. The minimum atomic E-state index is -0.717. The average molecular weight is 194 g/mol. The van der Waals surface area contributed by atoms with Crippen LogP contribution in [0.3, 0.4) is 0 Å². The minimum Gasteiger partial charge on any atom is -0.443 e. The van der Waals surface area contributed by atoms with E-state index < -0.39 is 5.60 Å². The third-order valence-corrected chi connectivity index (χ3v) is 2.13. The van der Waals surface area contributed by atoms with Crippen molar-refractivity contribution in [2.75, 3.05) is 0 Å². The summed E-state index contributed by atoms with van der Waals surface area (Å²) in [5, 5.41) is 0. The molecule has 0 aromatic heterocycles. The van der Waals surface area contributed by atoms with Crippen molar-refractivity contribution in [3.63, 3.8) is 0 Å². The summed E-state index contributed by atoms with van der Waals surface area (Å²) >= 11 is 0. The van der Waals surface area contributed by atoms with Crippen LogP contribution >= 0.6 is 0 Å². The minimum absolute atomic E-state index is 0.151. The van der Waals surface area contributed by atoms with Gasteiger partial charge < -0.3 is 4.74 Å². The van der Waals surface area contributed by atoms with Gasteiger partial charge in [-0.2, -0.15) is 0 Å². The zero-order valence-corrected chi connectivity index (χ0v) is 9.60.